The Labute approximate surface area is 88.3 Å². The maximum atomic E-state index is 11.0. The van der Waals surface area contributed by atoms with Gasteiger partial charge in [0.25, 0.3) is 0 Å². The minimum absolute atomic E-state index is 0.00287. The number of rotatable bonds is 1. The van der Waals surface area contributed by atoms with Crippen LogP contribution >= 0.6 is 0 Å². The van der Waals surface area contributed by atoms with Crippen LogP contribution in [0.5, 0.6) is 0 Å². The lowest BCUT2D eigenvalue weighted by molar-refractivity contribution is 0.140. The standard InChI is InChI=1S/C11H14N2O2/c12-9-5-3-8(4-6-9)10-2-1-7-13(10)11(14)15/h3-6,10H,1-2,7,12H2,(H,14,15). The van der Waals surface area contributed by atoms with Gasteiger partial charge in [-0.2, -0.15) is 0 Å². The number of amides is 1. The second-order valence-electron chi connectivity index (χ2n) is 3.80. The van der Waals surface area contributed by atoms with Crippen molar-refractivity contribution < 1.29 is 9.90 Å². The van der Waals surface area contributed by atoms with Crippen LogP contribution < -0.4 is 5.73 Å². The fourth-order valence-corrected chi connectivity index (χ4v) is 2.06. The van der Waals surface area contributed by atoms with E-state index in [-0.39, 0.29) is 6.04 Å². The van der Waals surface area contributed by atoms with E-state index in [4.69, 9.17) is 10.8 Å². The summed E-state index contributed by atoms with van der Waals surface area (Å²) in [5.41, 5.74) is 7.33. The molecule has 2 rings (SSSR count). The highest BCUT2D eigenvalue weighted by Crippen LogP contribution is 2.31. The van der Waals surface area contributed by atoms with E-state index in [9.17, 15) is 4.79 Å². The summed E-state index contributed by atoms with van der Waals surface area (Å²) < 4.78 is 0. The van der Waals surface area contributed by atoms with Gasteiger partial charge in [0.15, 0.2) is 0 Å². The maximum Gasteiger partial charge on any atom is 0.407 e. The fourth-order valence-electron chi connectivity index (χ4n) is 2.06. The van der Waals surface area contributed by atoms with Crippen molar-refractivity contribution in [3.63, 3.8) is 0 Å². The SMILES string of the molecule is Nc1ccc(C2CCCN2C(=O)O)cc1. The Kier molecular flexibility index (Phi) is 2.49. The zero-order chi connectivity index (χ0) is 10.8. The molecule has 1 saturated heterocycles. The van der Waals surface area contributed by atoms with Crippen LogP contribution in [0.1, 0.15) is 24.4 Å². The monoisotopic (exact) mass is 206 g/mol. The summed E-state index contributed by atoms with van der Waals surface area (Å²) in [4.78, 5) is 12.4. The Morgan fingerprint density at radius 2 is 2.07 bits per heavy atom. The zero-order valence-corrected chi connectivity index (χ0v) is 8.39. The molecule has 0 saturated carbocycles. The molecule has 4 nitrogen and oxygen atoms in total. The van der Waals surface area contributed by atoms with Crippen LogP contribution in [0.4, 0.5) is 10.5 Å². The molecule has 80 valence electrons. The molecule has 1 aliphatic rings. The fraction of sp³-hybridized carbons (Fsp3) is 0.364. The number of hydrogen-bond acceptors (Lipinski definition) is 2. The third kappa shape index (κ3) is 1.88. The van der Waals surface area contributed by atoms with Crippen LogP contribution in [-0.4, -0.2) is 22.6 Å². The van der Waals surface area contributed by atoms with E-state index in [2.05, 4.69) is 0 Å². The van der Waals surface area contributed by atoms with E-state index in [1.54, 1.807) is 0 Å². The van der Waals surface area contributed by atoms with E-state index in [0.717, 1.165) is 18.4 Å². The van der Waals surface area contributed by atoms with Crippen molar-refractivity contribution >= 4 is 11.8 Å². The van der Waals surface area contributed by atoms with Gasteiger partial charge < -0.3 is 15.7 Å². The molecular weight excluding hydrogens is 192 g/mol. The minimum Gasteiger partial charge on any atom is -0.465 e. The van der Waals surface area contributed by atoms with Crippen LogP contribution in [0.15, 0.2) is 24.3 Å². The third-order valence-corrected chi connectivity index (χ3v) is 2.82. The van der Waals surface area contributed by atoms with Gasteiger partial charge in [-0.15, -0.1) is 0 Å². The van der Waals surface area contributed by atoms with Gasteiger partial charge in [-0.25, -0.2) is 4.79 Å². The Hall–Kier alpha value is -1.71. The predicted molar refractivity (Wildman–Crippen MR) is 57.6 cm³/mol. The lowest BCUT2D eigenvalue weighted by Crippen LogP contribution is -2.28. The first-order valence-corrected chi connectivity index (χ1v) is 5.03. The Morgan fingerprint density at radius 3 is 2.67 bits per heavy atom. The second kappa shape index (κ2) is 3.81. The average Bonchev–Trinajstić information content (AvgIpc) is 2.67. The molecule has 0 aliphatic carbocycles. The molecule has 1 fully saturated rings. The smallest absolute Gasteiger partial charge is 0.407 e. The molecule has 1 aromatic carbocycles. The highest BCUT2D eigenvalue weighted by molar-refractivity contribution is 5.66. The van der Waals surface area contributed by atoms with Gasteiger partial charge in [0, 0.05) is 12.2 Å². The van der Waals surface area contributed by atoms with E-state index in [0.29, 0.717) is 12.2 Å². The van der Waals surface area contributed by atoms with Crippen molar-refractivity contribution in [1.29, 1.82) is 0 Å². The number of carboxylic acid groups (broad SMARTS) is 1. The van der Waals surface area contributed by atoms with Crippen LogP contribution in [0.3, 0.4) is 0 Å². The largest absolute Gasteiger partial charge is 0.465 e. The summed E-state index contributed by atoms with van der Waals surface area (Å²) >= 11 is 0. The lowest BCUT2D eigenvalue weighted by atomic mass is 10.0. The van der Waals surface area contributed by atoms with Crippen LogP contribution in [0, 0.1) is 0 Å². The van der Waals surface area contributed by atoms with Gasteiger partial charge in [-0.1, -0.05) is 12.1 Å². The highest BCUT2D eigenvalue weighted by atomic mass is 16.4. The lowest BCUT2D eigenvalue weighted by Gasteiger charge is -2.21. The molecule has 1 unspecified atom stereocenters. The van der Waals surface area contributed by atoms with Gasteiger partial charge >= 0.3 is 6.09 Å². The van der Waals surface area contributed by atoms with Crippen molar-refractivity contribution in [3.8, 4) is 0 Å². The second-order valence-corrected chi connectivity index (χ2v) is 3.80. The average molecular weight is 206 g/mol. The number of benzene rings is 1. The summed E-state index contributed by atoms with van der Waals surface area (Å²) in [7, 11) is 0. The normalized spacial score (nSPS) is 20.5. The van der Waals surface area contributed by atoms with Crippen molar-refractivity contribution in [2.75, 3.05) is 12.3 Å². The maximum absolute atomic E-state index is 11.0. The van der Waals surface area contributed by atoms with Crippen LogP contribution in [0.25, 0.3) is 0 Å². The van der Waals surface area contributed by atoms with Gasteiger partial charge in [-0.3, -0.25) is 0 Å². The van der Waals surface area contributed by atoms with E-state index >= 15 is 0 Å². The molecule has 1 heterocycles. The zero-order valence-electron chi connectivity index (χ0n) is 8.39. The summed E-state index contributed by atoms with van der Waals surface area (Å²) in [6.45, 7) is 0.629. The third-order valence-electron chi connectivity index (χ3n) is 2.82. The number of carbonyl (C=O) groups is 1. The van der Waals surface area contributed by atoms with Crippen LogP contribution in [0.2, 0.25) is 0 Å². The minimum atomic E-state index is -0.839. The summed E-state index contributed by atoms with van der Waals surface area (Å²) in [5.74, 6) is 0. The number of anilines is 1. The van der Waals surface area contributed by atoms with Gasteiger partial charge in [0.2, 0.25) is 0 Å². The molecule has 1 atom stereocenters. The van der Waals surface area contributed by atoms with E-state index in [1.807, 2.05) is 24.3 Å². The summed E-state index contributed by atoms with van der Waals surface area (Å²) in [6, 6.07) is 7.44. The number of hydrogen-bond donors (Lipinski definition) is 2. The molecular formula is C11H14N2O2. The van der Waals surface area contributed by atoms with Gasteiger partial charge in [-0.05, 0) is 30.5 Å². The topological polar surface area (TPSA) is 66.6 Å². The molecule has 4 heteroatoms. The first kappa shape index (κ1) is 9.83. The molecule has 0 spiro atoms. The number of likely N-dealkylation sites (tertiary alicyclic amines) is 1. The van der Waals surface area contributed by atoms with Crippen molar-refractivity contribution in [2.45, 2.75) is 18.9 Å². The molecule has 15 heavy (non-hydrogen) atoms. The molecule has 0 radical (unpaired) electrons. The first-order valence-electron chi connectivity index (χ1n) is 5.03. The van der Waals surface area contributed by atoms with Crippen LogP contribution in [-0.2, 0) is 0 Å². The quantitative estimate of drug-likeness (QED) is 0.691. The molecule has 1 amide bonds. The molecule has 3 N–H and O–H groups in total. The van der Waals surface area contributed by atoms with E-state index in [1.165, 1.54) is 4.90 Å². The predicted octanol–water partition coefficient (Wildman–Crippen LogP) is 2.08. The number of nitrogen functional groups attached to an aromatic ring is 1. The number of nitrogens with zero attached hydrogens (tertiary/aromatic N) is 1. The Morgan fingerprint density at radius 1 is 1.40 bits per heavy atom. The summed E-state index contributed by atoms with van der Waals surface area (Å²) in [5, 5.41) is 9.00. The highest BCUT2D eigenvalue weighted by Gasteiger charge is 2.29. The molecule has 1 aromatic rings. The van der Waals surface area contributed by atoms with Crippen molar-refractivity contribution in [1.82, 2.24) is 4.90 Å². The summed E-state index contributed by atoms with van der Waals surface area (Å²) in [6.07, 6.45) is 0.992. The van der Waals surface area contributed by atoms with Gasteiger partial charge in [0.05, 0.1) is 6.04 Å². The van der Waals surface area contributed by atoms with Crippen molar-refractivity contribution in [2.24, 2.45) is 0 Å². The number of nitrogens with two attached hydrogens (primary N) is 1. The Balaban J connectivity index is 2.22. The first-order chi connectivity index (χ1) is 7.18. The molecule has 1 aliphatic heterocycles. The van der Waals surface area contributed by atoms with Gasteiger partial charge in [0.1, 0.15) is 0 Å². The van der Waals surface area contributed by atoms with Crippen molar-refractivity contribution in [3.05, 3.63) is 29.8 Å². The Bertz CT molecular complexity index is 361. The van der Waals surface area contributed by atoms with E-state index < -0.39 is 6.09 Å². The molecule has 0 aromatic heterocycles. The molecule has 0 bridgehead atoms.